The van der Waals surface area contributed by atoms with Gasteiger partial charge in [0, 0.05) is 38.4 Å². The third-order valence-electron chi connectivity index (χ3n) is 6.72. The van der Waals surface area contributed by atoms with Crippen molar-refractivity contribution in [2.45, 2.75) is 37.1 Å². The Balaban J connectivity index is 1.45. The lowest BCUT2D eigenvalue weighted by Gasteiger charge is -2.27. The van der Waals surface area contributed by atoms with Crippen molar-refractivity contribution in [3.05, 3.63) is 89.7 Å². The van der Waals surface area contributed by atoms with E-state index in [1.807, 2.05) is 0 Å². The van der Waals surface area contributed by atoms with Gasteiger partial charge in [0.25, 0.3) is 5.91 Å². The molecule has 3 aromatic carbocycles. The van der Waals surface area contributed by atoms with Crippen LogP contribution in [0.4, 0.5) is 15.8 Å². The van der Waals surface area contributed by atoms with Gasteiger partial charge in [-0.1, -0.05) is 37.1 Å². The molecule has 40 heavy (non-hydrogen) atoms. The zero-order chi connectivity index (χ0) is 28.9. The molecule has 0 unspecified atom stereocenters. The number of halogens is 1. The van der Waals surface area contributed by atoms with Crippen LogP contribution in [-0.4, -0.2) is 58.5 Å². The van der Waals surface area contributed by atoms with Gasteiger partial charge in [-0.2, -0.15) is 17.0 Å². The molecule has 0 saturated carbocycles. The van der Waals surface area contributed by atoms with Gasteiger partial charge in [-0.05, 0) is 66.9 Å². The smallest absolute Gasteiger partial charge is 0.303 e. The second-order valence-electron chi connectivity index (χ2n) is 9.74. The molecule has 12 heteroatoms. The van der Waals surface area contributed by atoms with E-state index >= 15 is 0 Å². The lowest BCUT2D eigenvalue weighted by Crippen LogP contribution is -2.40. The fraction of sp³-hybridized carbons (Fsp3) is 0.321. The van der Waals surface area contributed by atoms with Crippen molar-refractivity contribution in [3.8, 4) is 0 Å². The van der Waals surface area contributed by atoms with Gasteiger partial charge in [-0.15, -0.1) is 0 Å². The second-order valence-corrected chi connectivity index (χ2v) is 13.7. The van der Waals surface area contributed by atoms with E-state index in [1.54, 1.807) is 42.5 Å². The highest BCUT2D eigenvalue weighted by molar-refractivity contribution is 7.90. The number of benzene rings is 3. The van der Waals surface area contributed by atoms with Crippen LogP contribution in [0.25, 0.3) is 0 Å². The van der Waals surface area contributed by atoms with Gasteiger partial charge < -0.3 is 5.32 Å². The minimum absolute atomic E-state index is 0.0840. The highest BCUT2D eigenvalue weighted by Crippen LogP contribution is 2.26. The Labute approximate surface area is 235 Å². The van der Waals surface area contributed by atoms with Crippen molar-refractivity contribution >= 4 is 37.5 Å². The first kappa shape index (κ1) is 29.7. The molecule has 1 fully saturated rings. The normalized spacial score (nSPS) is 15.0. The molecule has 1 aliphatic rings. The summed E-state index contributed by atoms with van der Waals surface area (Å²) in [5.74, 6) is -1.09. The number of anilines is 2. The summed E-state index contributed by atoms with van der Waals surface area (Å²) in [4.78, 5) is 13.0. The molecule has 3 aromatic rings. The summed E-state index contributed by atoms with van der Waals surface area (Å²) < 4.78 is 69.8. The van der Waals surface area contributed by atoms with Crippen molar-refractivity contribution < 1.29 is 26.0 Å². The maximum Gasteiger partial charge on any atom is 0.303 e. The molecular weight excluding hydrogens is 555 g/mol. The van der Waals surface area contributed by atoms with E-state index in [-0.39, 0.29) is 17.1 Å². The average Bonchev–Trinajstić information content (AvgIpc) is 3.23. The van der Waals surface area contributed by atoms with Crippen LogP contribution in [-0.2, 0) is 26.8 Å². The maximum atomic E-state index is 14.5. The molecule has 0 bridgehead atoms. The summed E-state index contributed by atoms with van der Waals surface area (Å²) in [5, 5.41) is 2.75. The summed E-state index contributed by atoms with van der Waals surface area (Å²) in [6.45, 7) is 0.877. The number of para-hydroxylation sites is 1. The summed E-state index contributed by atoms with van der Waals surface area (Å²) in [6, 6.07) is 18.0. The quantitative estimate of drug-likeness (QED) is 0.397. The zero-order valence-electron chi connectivity index (χ0n) is 22.5. The number of amides is 1. The topological polar surface area (TPSA) is 107 Å². The SMILES string of the molecule is CN(C)S(=O)(=O)N(Cc1ccc(C(=O)Nc2ccc(S(=O)(=O)N3CCCCCC3)cc2)cc1)c1ccccc1F. The fourth-order valence-electron chi connectivity index (χ4n) is 4.41. The molecule has 1 aliphatic heterocycles. The van der Waals surface area contributed by atoms with Gasteiger partial charge in [0.05, 0.1) is 17.1 Å². The lowest BCUT2D eigenvalue weighted by molar-refractivity contribution is 0.102. The molecule has 0 aliphatic carbocycles. The Hall–Kier alpha value is -3.32. The number of nitrogens with one attached hydrogen (secondary N) is 1. The number of rotatable bonds is 9. The molecular formula is C28H33FN4O5S2. The molecule has 1 heterocycles. The van der Waals surface area contributed by atoms with E-state index in [9.17, 15) is 26.0 Å². The average molecular weight is 589 g/mol. The number of carbonyl (C=O) groups is 1. The Morgan fingerprint density at radius 2 is 1.45 bits per heavy atom. The van der Waals surface area contributed by atoms with Crippen molar-refractivity contribution in [1.82, 2.24) is 8.61 Å². The van der Waals surface area contributed by atoms with Crippen LogP contribution in [0.3, 0.4) is 0 Å². The molecule has 0 atom stereocenters. The van der Waals surface area contributed by atoms with Gasteiger partial charge in [0.1, 0.15) is 5.82 Å². The van der Waals surface area contributed by atoms with Gasteiger partial charge in [0.2, 0.25) is 10.0 Å². The fourth-order valence-corrected chi connectivity index (χ4v) is 7.03. The number of sulfonamides is 1. The second kappa shape index (κ2) is 12.5. The van der Waals surface area contributed by atoms with E-state index in [1.165, 1.54) is 48.7 Å². The largest absolute Gasteiger partial charge is 0.322 e. The van der Waals surface area contributed by atoms with Crippen LogP contribution >= 0.6 is 0 Å². The van der Waals surface area contributed by atoms with E-state index in [4.69, 9.17) is 0 Å². The Kier molecular flexibility index (Phi) is 9.24. The minimum atomic E-state index is -4.00. The lowest BCUT2D eigenvalue weighted by atomic mass is 10.1. The standard InChI is InChI=1S/C28H33FN4O5S2/c1-31(2)40(37,38)33(27-10-6-5-9-26(27)29)21-22-11-13-23(14-12-22)28(34)30-24-15-17-25(18-16-24)39(35,36)32-19-7-3-4-8-20-32/h5-6,9-18H,3-4,7-8,19-21H2,1-2H3,(H,30,34). The van der Waals surface area contributed by atoms with Gasteiger partial charge >= 0.3 is 10.2 Å². The van der Waals surface area contributed by atoms with Crippen molar-refractivity contribution in [2.24, 2.45) is 0 Å². The highest BCUT2D eigenvalue weighted by Gasteiger charge is 2.28. The summed E-state index contributed by atoms with van der Waals surface area (Å²) >= 11 is 0. The number of hydrogen-bond donors (Lipinski definition) is 1. The molecule has 214 valence electrons. The molecule has 1 saturated heterocycles. The van der Waals surface area contributed by atoms with Crippen molar-refractivity contribution in [2.75, 3.05) is 36.8 Å². The molecule has 1 amide bonds. The van der Waals surface area contributed by atoms with Crippen LogP contribution in [0.2, 0.25) is 0 Å². The van der Waals surface area contributed by atoms with Crippen LogP contribution in [0.5, 0.6) is 0 Å². The first-order valence-corrected chi connectivity index (χ1v) is 15.8. The number of carbonyl (C=O) groups excluding carboxylic acids is 1. The maximum absolute atomic E-state index is 14.5. The van der Waals surface area contributed by atoms with E-state index in [0.717, 1.165) is 34.3 Å². The third-order valence-corrected chi connectivity index (χ3v) is 10.4. The molecule has 9 nitrogen and oxygen atoms in total. The van der Waals surface area contributed by atoms with Crippen LogP contribution < -0.4 is 9.62 Å². The van der Waals surface area contributed by atoms with Gasteiger partial charge in [0.15, 0.2) is 0 Å². The van der Waals surface area contributed by atoms with Crippen LogP contribution in [0, 0.1) is 5.82 Å². The first-order chi connectivity index (χ1) is 19.0. The van der Waals surface area contributed by atoms with Gasteiger partial charge in [-0.25, -0.2) is 12.8 Å². The van der Waals surface area contributed by atoms with Gasteiger partial charge in [-0.3, -0.25) is 9.10 Å². The Morgan fingerprint density at radius 3 is 2.02 bits per heavy atom. The minimum Gasteiger partial charge on any atom is -0.322 e. The third kappa shape index (κ3) is 6.69. The summed E-state index contributed by atoms with van der Waals surface area (Å²) in [6.07, 6.45) is 3.74. The van der Waals surface area contributed by atoms with Crippen LogP contribution in [0.1, 0.15) is 41.6 Å². The zero-order valence-corrected chi connectivity index (χ0v) is 24.1. The first-order valence-electron chi connectivity index (χ1n) is 13.0. The van der Waals surface area contributed by atoms with E-state index in [0.29, 0.717) is 29.9 Å². The number of hydrogen-bond acceptors (Lipinski definition) is 5. The highest BCUT2D eigenvalue weighted by atomic mass is 32.2. The van der Waals surface area contributed by atoms with Crippen molar-refractivity contribution in [3.63, 3.8) is 0 Å². The summed E-state index contributed by atoms with van der Waals surface area (Å²) in [7, 11) is -4.85. The molecule has 0 aromatic heterocycles. The Bertz CT molecular complexity index is 1540. The van der Waals surface area contributed by atoms with Crippen LogP contribution in [0.15, 0.2) is 77.7 Å². The monoisotopic (exact) mass is 588 g/mol. The van der Waals surface area contributed by atoms with E-state index in [2.05, 4.69) is 5.32 Å². The molecule has 1 N–H and O–H groups in total. The molecule has 4 rings (SSSR count). The Morgan fingerprint density at radius 1 is 0.850 bits per heavy atom. The summed E-state index contributed by atoms with van der Waals surface area (Å²) in [5.41, 5.74) is 1.22. The molecule has 0 radical (unpaired) electrons. The van der Waals surface area contributed by atoms with E-state index < -0.39 is 32.0 Å². The predicted octanol–water partition coefficient (Wildman–Crippen LogP) is 4.46. The number of nitrogens with zero attached hydrogens (tertiary/aromatic N) is 3. The molecule has 0 spiro atoms. The predicted molar refractivity (Wildman–Crippen MR) is 153 cm³/mol. The van der Waals surface area contributed by atoms with Crippen molar-refractivity contribution in [1.29, 1.82) is 0 Å².